The smallest absolute Gasteiger partial charge is 0.744 e. The molecule has 23 heavy (non-hydrogen) atoms. The Hall–Kier alpha value is -1.37. The quantitative estimate of drug-likeness (QED) is 0.568. The van der Waals surface area contributed by atoms with Gasteiger partial charge >= 0.3 is 29.6 Å². The fourth-order valence-corrected chi connectivity index (χ4v) is 3.05. The Morgan fingerprint density at radius 2 is 1.57 bits per heavy atom. The van der Waals surface area contributed by atoms with Crippen molar-refractivity contribution in [1.29, 1.82) is 0 Å². The molecule has 0 spiro atoms. The van der Waals surface area contributed by atoms with Crippen LogP contribution in [0.1, 0.15) is 5.56 Å². The number of aryl methyl sites for hydroxylation is 1. The summed E-state index contributed by atoms with van der Waals surface area (Å²) >= 11 is 0. The number of rotatable bonds is 3. The van der Waals surface area contributed by atoms with Crippen LogP contribution >= 0.6 is 0 Å². The molecule has 112 valence electrons. The standard InChI is InChI=1S/C17H15NO3S.Na/c1-12-5-7-14(8-6-12)18-15-9-10-16-13(11-15)3-2-4-17(16)22(19,20)21;/h2-11,18H,1H3,(H,19,20,21);/q;+1/p-1. The molecule has 0 fully saturated rings. The molecule has 3 aromatic carbocycles. The van der Waals surface area contributed by atoms with E-state index in [-0.39, 0.29) is 34.5 Å². The molecule has 0 bridgehead atoms. The van der Waals surface area contributed by atoms with Crippen LogP contribution in [0, 0.1) is 6.92 Å². The van der Waals surface area contributed by atoms with Gasteiger partial charge in [-0.05, 0) is 48.0 Å². The van der Waals surface area contributed by atoms with Crippen LogP contribution in [-0.4, -0.2) is 13.0 Å². The minimum atomic E-state index is -4.48. The van der Waals surface area contributed by atoms with Crippen molar-refractivity contribution in [2.24, 2.45) is 0 Å². The molecular weight excluding hydrogens is 321 g/mol. The van der Waals surface area contributed by atoms with Crippen molar-refractivity contribution in [3.63, 3.8) is 0 Å². The second kappa shape index (κ2) is 7.03. The first kappa shape index (κ1) is 18.0. The number of nitrogens with one attached hydrogen (secondary N) is 1. The zero-order chi connectivity index (χ0) is 15.7. The Morgan fingerprint density at radius 1 is 0.913 bits per heavy atom. The van der Waals surface area contributed by atoms with Crippen LogP contribution in [0.25, 0.3) is 10.8 Å². The van der Waals surface area contributed by atoms with Crippen molar-refractivity contribution < 1.29 is 42.5 Å². The van der Waals surface area contributed by atoms with Crippen molar-refractivity contribution in [1.82, 2.24) is 0 Å². The maximum atomic E-state index is 11.3. The molecule has 0 heterocycles. The maximum Gasteiger partial charge on any atom is 1.00 e. The van der Waals surface area contributed by atoms with Gasteiger partial charge in [-0.15, -0.1) is 0 Å². The van der Waals surface area contributed by atoms with E-state index in [0.29, 0.717) is 10.8 Å². The fourth-order valence-electron chi connectivity index (χ4n) is 2.35. The molecule has 1 N–H and O–H groups in total. The van der Waals surface area contributed by atoms with E-state index in [1.807, 2.05) is 37.3 Å². The van der Waals surface area contributed by atoms with Gasteiger partial charge in [0.15, 0.2) is 0 Å². The summed E-state index contributed by atoms with van der Waals surface area (Å²) in [6, 6.07) is 17.9. The Morgan fingerprint density at radius 3 is 2.22 bits per heavy atom. The summed E-state index contributed by atoms with van der Waals surface area (Å²) in [6.45, 7) is 2.02. The van der Waals surface area contributed by atoms with E-state index in [4.69, 9.17) is 0 Å². The molecule has 0 unspecified atom stereocenters. The largest absolute Gasteiger partial charge is 1.00 e. The van der Waals surface area contributed by atoms with Gasteiger partial charge in [-0.25, -0.2) is 8.42 Å². The summed E-state index contributed by atoms with van der Waals surface area (Å²) < 4.78 is 33.9. The Bertz CT molecular complexity index is 938. The molecule has 0 aliphatic carbocycles. The summed E-state index contributed by atoms with van der Waals surface area (Å²) in [5.74, 6) is 0. The average Bonchev–Trinajstić information content (AvgIpc) is 2.48. The monoisotopic (exact) mass is 335 g/mol. The maximum absolute atomic E-state index is 11.3. The van der Waals surface area contributed by atoms with Gasteiger partial charge in [0.05, 0.1) is 4.90 Å². The third-order valence-electron chi connectivity index (χ3n) is 3.45. The van der Waals surface area contributed by atoms with Gasteiger partial charge in [-0.1, -0.05) is 35.9 Å². The van der Waals surface area contributed by atoms with E-state index in [9.17, 15) is 13.0 Å². The summed E-state index contributed by atoms with van der Waals surface area (Å²) in [6.07, 6.45) is 0. The van der Waals surface area contributed by atoms with Gasteiger partial charge in [-0.2, -0.15) is 0 Å². The molecule has 3 aromatic rings. The Balaban J connectivity index is 0.00000192. The average molecular weight is 335 g/mol. The van der Waals surface area contributed by atoms with Gasteiger partial charge < -0.3 is 9.87 Å². The van der Waals surface area contributed by atoms with Crippen LogP contribution in [0.15, 0.2) is 65.6 Å². The predicted octanol–water partition coefficient (Wildman–Crippen LogP) is 0.800. The predicted molar refractivity (Wildman–Crippen MR) is 86.4 cm³/mol. The zero-order valence-electron chi connectivity index (χ0n) is 12.9. The molecular formula is C17H14NNaO3S. The van der Waals surface area contributed by atoms with E-state index in [1.54, 1.807) is 24.3 Å². The summed E-state index contributed by atoms with van der Waals surface area (Å²) in [7, 11) is -4.48. The van der Waals surface area contributed by atoms with Crippen LogP contribution in [0.3, 0.4) is 0 Å². The minimum Gasteiger partial charge on any atom is -0.744 e. The SMILES string of the molecule is Cc1ccc(Nc2ccc3c(S(=O)(=O)[O-])cccc3c2)cc1.[Na+]. The topological polar surface area (TPSA) is 69.2 Å². The number of anilines is 2. The molecule has 0 atom stereocenters. The molecule has 3 rings (SSSR count). The molecule has 0 aliphatic heterocycles. The number of fused-ring (bicyclic) bond motifs is 1. The Kier molecular flexibility index (Phi) is 5.49. The van der Waals surface area contributed by atoms with Crippen molar-refractivity contribution in [2.75, 3.05) is 5.32 Å². The molecule has 6 heteroatoms. The first-order valence-corrected chi connectivity index (χ1v) is 8.17. The van der Waals surface area contributed by atoms with Crippen LogP contribution < -0.4 is 34.9 Å². The van der Waals surface area contributed by atoms with Crippen LogP contribution in [-0.2, 0) is 10.1 Å². The van der Waals surface area contributed by atoms with Crippen LogP contribution in [0.5, 0.6) is 0 Å². The van der Waals surface area contributed by atoms with E-state index < -0.39 is 10.1 Å². The van der Waals surface area contributed by atoms with Gasteiger partial charge in [0.2, 0.25) is 0 Å². The number of hydrogen-bond acceptors (Lipinski definition) is 4. The Labute approximate surface area is 157 Å². The number of benzene rings is 3. The third kappa shape index (κ3) is 4.13. The molecule has 0 saturated carbocycles. The van der Waals surface area contributed by atoms with Gasteiger partial charge in [0.25, 0.3) is 0 Å². The van der Waals surface area contributed by atoms with E-state index >= 15 is 0 Å². The first-order valence-electron chi connectivity index (χ1n) is 6.76. The van der Waals surface area contributed by atoms with Gasteiger partial charge in [0, 0.05) is 11.4 Å². The van der Waals surface area contributed by atoms with Crippen molar-refractivity contribution in [3.05, 3.63) is 66.2 Å². The number of hydrogen-bond donors (Lipinski definition) is 1. The summed E-state index contributed by atoms with van der Waals surface area (Å²) in [4.78, 5) is -0.188. The normalized spacial score (nSPS) is 11.0. The molecule has 4 nitrogen and oxygen atoms in total. The summed E-state index contributed by atoms with van der Waals surface area (Å²) in [5, 5.41) is 4.39. The third-order valence-corrected chi connectivity index (χ3v) is 4.34. The minimum absolute atomic E-state index is 0. The summed E-state index contributed by atoms with van der Waals surface area (Å²) in [5.41, 5.74) is 2.95. The van der Waals surface area contributed by atoms with Crippen LogP contribution in [0.4, 0.5) is 11.4 Å². The first-order chi connectivity index (χ1) is 10.4. The van der Waals surface area contributed by atoms with Crippen molar-refractivity contribution >= 4 is 32.3 Å². The van der Waals surface area contributed by atoms with Crippen LogP contribution in [0.2, 0.25) is 0 Å². The molecule has 0 radical (unpaired) electrons. The molecule has 0 saturated heterocycles. The van der Waals surface area contributed by atoms with E-state index in [1.165, 1.54) is 11.6 Å². The second-order valence-electron chi connectivity index (χ2n) is 5.14. The molecule has 0 amide bonds. The molecule has 0 aliphatic rings. The van der Waals surface area contributed by atoms with Gasteiger partial charge in [-0.3, -0.25) is 0 Å². The fraction of sp³-hybridized carbons (Fsp3) is 0.0588. The van der Waals surface area contributed by atoms with E-state index in [2.05, 4.69) is 5.32 Å². The van der Waals surface area contributed by atoms with Crippen molar-refractivity contribution in [3.8, 4) is 0 Å². The van der Waals surface area contributed by atoms with Gasteiger partial charge in [0.1, 0.15) is 10.1 Å². The second-order valence-corrected chi connectivity index (χ2v) is 6.49. The van der Waals surface area contributed by atoms with Crippen molar-refractivity contribution in [2.45, 2.75) is 11.8 Å². The van der Waals surface area contributed by atoms with E-state index in [0.717, 1.165) is 11.4 Å². The zero-order valence-corrected chi connectivity index (χ0v) is 15.7. The molecule has 0 aromatic heterocycles.